The number of terminal acetylenes is 1. The normalized spacial score (nSPS) is 12.6. The largest absolute Gasteiger partial charge is 0.457 e. The van der Waals surface area contributed by atoms with Crippen LogP contribution in [0.4, 0.5) is 0 Å². The van der Waals surface area contributed by atoms with E-state index < -0.39 is 6.10 Å². The lowest BCUT2D eigenvalue weighted by molar-refractivity contribution is 0.209. The fraction of sp³-hybridized carbons (Fsp3) is 0.0909. The van der Waals surface area contributed by atoms with E-state index in [1.165, 1.54) is 0 Å². The van der Waals surface area contributed by atoms with Gasteiger partial charge in [-0.05, 0) is 12.1 Å². The predicted octanol–water partition coefficient (Wildman–Crippen LogP) is 2.10. The maximum absolute atomic E-state index is 9.30. The van der Waals surface area contributed by atoms with E-state index in [0.717, 1.165) is 11.0 Å². The SMILES string of the molecule is C#C[C@H](O)c1cc2ccccc2o1. The van der Waals surface area contributed by atoms with Crippen LogP contribution in [0.15, 0.2) is 34.7 Å². The first-order valence-electron chi connectivity index (χ1n) is 3.94. The van der Waals surface area contributed by atoms with Crippen LogP contribution in [0.5, 0.6) is 0 Å². The van der Waals surface area contributed by atoms with E-state index in [1.807, 2.05) is 24.3 Å². The summed E-state index contributed by atoms with van der Waals surface area (Å²) < 4.78 is 5.33. The zero-order valence-electron chi connectivity index (χ0n) is 6.90. The molecule has 1 N–H and O–H groups in total. The summed E-state index contributed by atoms with van der Waals surface area (Å²) in [6, 6.07) is 9.27. The van der Waals surface area contributed by atoms with E-state index in [4.69, 9.17) is 10.8 Å². The molecule has 0 aliphatic rings. The number of aliphatic hydroxyl groups is 1. The molecule has 0 unspecified atom stereocenters. The van der Waals surface area contributed by atoms with Gasteiger partial charge >= 0.3 is 0 Å². The third-order valence-electron chi connectivity index (χ3n) is 1.87. The van der Waals surface area contributed by atoms with Gasteiger partial charge in [-0.25, -0.2) is 0 Å². The number of benzene rings is 1. The first-order valence-corrected chi connectivity index (χ1v) is 3.94. The van der Waals surface area contributed by atoms with Crippen molar-refractivity contribution >= 4 is 11.0 Å². The van der Waals surface area contributed by atoms with Gasteiger partial charge < -0.3 is 9.52 Å². The quantitative estimate of drug-likeness (QED) is 0.668. The first kappa shape index (κ1) is 7.90. The smallest absolute Gasteiger partial charge is 0.172 e. The van der Waals surface area contributed by atoms with Crippen molar-refractivity contribution in [3.05, 3.63) is 36.1 Å². The highest BCUT2D eigenvalue weighted by atomic mass is 16.4. The minimum absolute atomic E-state index is 0.420. The second kappa shape index (κ2) is 2.96. The first-order chi connectivity index (χ1) is 6.31. The Kier molecular flexibility index (Phi) is 1.80. The molecule has 0 aliphatic carbocycles. The topological polar surface area (TPSA) is 33.4 Å². The summed E-state index contributed by atoms with van der Waals surface area (Å²) in [7, 11) is 0. The van der Waals surface area contributed by atoms with Gasteiger partial charge in [0, 0.05) is 5.39 Å². The second-order valence-corrected chi connectivity index (χ2v) is 2.76. The van der Waals surface area contributed by atoms with Crippen LogP contribution in [0.1, 0.15) is 11.9 Å². The molecule has 1 aromatic carbocycles. The molecule has 0 fully saturated rings. The second-order valence-electron chi connectivity index (χ2n) is 2.76. The van der Waals surface area contributed by atoms with Gasteiger partial charge in [0.05, 0.1) is 0 Å². The van der Waals surface area contributed by atoms with Crippen molar-refractivity contribution in [2.45, 2.75) is 6.10 Å². The van der Waals surface area contributed by atoms with E-state index in [1.54, 1.807) is 6.07 Å². The fourth-order valence-electron chi connectivity index (χ4n) is 1.22. The van der Waals surface area contributed by atoms with Crippen LogP contribution < -0.4 is 0 Å². The molecule has 64 valence electrons. The Bertz CT molecular complexity index is 429. The molecule has 2 nitrogen and oxygen atoms in total. The van der Waals surface area contributed by atoms with Crippen LogP contribution in [0.25, 0.3) is 11.0 Å². The average Bonchev–Trinajstić information content (AvgIpc) is 2.59. The van der Waals surface area contributed by atoms with Crippen LogP contribution in [0, 0.1) is 12.3 Å². The van der Waals surface area contributed by atoms with Crippen molar-refractivity contribution in [1.29, 1.82) is 0 Å². The molecular formula is C11H8O2. The number of fused-ring (bicyclic) bond motifs is 1. The van der Waals surface area contributed by atoms with Gasteiger partial charge in [-0.1, -0.05) is 24.1 Å². The van der Waals surface area contributed by atoms with Crippen molar-refractivity contribution < 1.29 is 9.52 Å². The van der Waals surface area contributed by atoms with Gasteiger partial charge in [0.25, 0.3) is 0 Å². The molecule has 1 aromatic heterocycles. The summed E-state index contributed by atoms with van der Waals surface area (Å²) >= 11 is 0. The van der Waals surface area contributed by atoms with E-state index in [2.05, 4.69) is 5.92 Å². The monoisotopic (exact) mass is 172 g/mol. The lowest BCUT2D eigenvalue weighted by Gasteiger charge is -1.94. The minimum Gasteiger partial charge on any atom is -0.457 e. The summed E-state index contributed by atoms with van der Waals surface area (Å²) in [6.07, 6.45) is 4.11. The average molecular weight is 172 g/mol. The van der Waals surface area contributed by atoms with Crippen molar-refractivity contribution in [3.8, 4) is 12.3 Å². The highest BCUT2D eigenvalue weighted by Gasteiger charge is 2.09. The molecular weight excluding hydrogens is 164 g/mol. The summed E-state index contributed by atoms with van der Waals surface area (Å²) in [4.78, 5) is 0. The third-order valence-corrected chi connectivity index (χ3v) is 1.87. The van der Waals surface area contributed by atoms with Gasteiger partial charge in [-0.15, -0.1) is 6.42 Å². The summed E-state index contributed by atoms with van der Waals surface area (Å²) in [5.74, 6) is 2.62. The van der Waals surface area contributed by atoms with Crippen LogP contribution in [0.2, 0.25) is 0 Å². The molecule has 0 spiro atoms. The molecule has 2 rings (SSSR count). The van der Waals surface area contributed by atoms with Crippen LogP contribution in [-0.4, -0.2) is 5.11 Å². The molecule has 2 aromatic rings. The molecule has 0 bridgehead atoms. The Balaban J connectivity index is 2.57. The highest BCUT2D eigenvalue weighted by Crippen LogP contribution is 2.22. The Labute approximate surface area is 75.8 Å². The summed E-state index contributed by atoms with van der Waals surface area (Å²) in [5, 5.41) is 10.3. The number of furan rings is 1. The van der Waals surface area contributed by atoms with Gasteiger partial charge in [0.1, 0.15) is 11.3 Å². The molecule has 2 heteroatoms. The summed E-state index contributed by atoms with van der Waals surface area (Å²) in [6.45, 7) is 0. The lowest BCUT2D eigenvalue weighted by atomic mass is 10.2. The standard InChI is InChI=1S/C11H8O2/c1-2-9(12)11-7-8-5-3-4-6-10(8)13-11/h1,3-7,9,12H/t9-/m0/s1. The maximum atomic E-state index is 9.30. The van der Waals surface area contributed by atoms with Crippen LogP contribution in [0.3, 0.4) is 0 Å². The minimum atomic E-state index is -0.951. The molecule has 0 amide bonds. The van der Waals surface area contributed by atoms with Crippen molar-refractivity contribution in [3.63, 3.8) is 0 Å². The van der Waals surface area contributed by atoms with E-state index in [0.29, 0.717) is 5.76 Å². The van der Waals surface area contributed by atoms with E-state index in [9.17, 15) is 5.11 Å². The molecule has 0 saturated heterocycles. The van der Waals surface area contributed by atoms with Crippen molar-refractivity contribution in [2.24, 2.45) is 0 Å². The zero-order valence-corrected chi connectivity index (χ0v) is 6.90. The van der Waals surface area contributed by atoms with E-state index in [-0.39, 0.29) is 0 Å². The molecule has 0 saturated carbocycles. The Morgan fingerprint density at radius 2 is 2.15 bits per heavy atom. The van der Waals surface area contributed by atoms with Crippen LogP contribution in [-0.2, 0) is 0 Å². The van der Waals surface area contributed by atoms with Gasteiger partial charge in [0.15, 0.2) is 6.10 Å². The molecule has 13 heavy (non-hydrogen) atoms. The van der Waals surface area contributed by atoms with Crippen molar-refractivity contribution in [2.75, 3.05) is 0 Å². The Morgan fingerprint density at radius 1 is 1.38 bits per heavy atom. The van der Waals surface area contributed by atoms with Gasteiger partial charge in [-0.3, -0.25) is 0 Å². The van der Waals surface area contributed by atoms with Crippen molar-refractivity contribution in [1.82, 2.24) is 0 Å². The number of hydrogen-bond donors (Lipinski definition) is 1. The van der Waals surface area contributed by atoms with Gasteiger partial charge in [-0.2, -0.15) is 0 Å². The zero-order chi connectivity index (χ0) is 9.26. The molecule has 1 atom stereocenters. The van der Waals surface area contributed by atoms with Gasteiger partial charge in [0.2, 0.25) is 0 Å². The third kappa shape index (κ3) is 1.30. The Hall–Kier alpha value is -1.72. The van der Waals surface area contributed by atoms with Crippen LogP contribution >= 0.6 is 0 Å². The predicted molar refractivity (Wildman–Crippen MR) is 50.0 cm³/mol. The maximum Gasteiger partial charge on any atom is 0.172 e. The lowest BCUT2D eigenvalue weighted by Crippen LogP contribution is -1.88. The number of rotatable bonds is 1. The number of para-hydroxylation sites is 1. The molecule has 0 radical (unpaired) electrons. The highest BCUT2D eigenvalue weighted by molar-refractivity contribution is 5.77. The Morgan fingerprint density at radius 3 is 2.85 bits per heavy atom. The number of hydrogen-bond acceptors (Lipinski definition) is 2. The van der Waals surface area contributed by atoms with E-state index >= 15 is 0 Å². The fourth-order valence-corrected chi connectivity index (χ4v) is 1.22. The number of aliphatic hydroxyl groups excluding tert-OH is 1. The summed E-state index contributed by atoms with van der Waals surface area (Å²) in [5.41, 5.74) is 0.742. The molecule has 1 heterocycles. The molecule has 0 aliphatic heterocycles.